The summed E-state index contributed by atoms with van der Waals surface area (Å²) in [7, 11) is -4.23. The molecule has 2 aromatic rings. The zero-order valence-electron chi connectivity index (χ0n) is 9.02. The summed E-state index contributed by atoms with van der Waals surface area (Å²) >= 11 is 0. The van der Waals surface area contributed by atoms with E-state index in [4.69, 9.17) is 9.66 Å². The average Bonchev–Trinajstić information content (AvgIpc) is 2.54. The third-order valence-electron chi connectivity index (χ3n) is 2.19. The van der Waals surface area contributed by atoms with Crippen molar-refractivity contribution in [3.63, 3.8) is 0 Å². The van der Waals surface area contributed by atoms with Crippen LogP contribution in [0.2, 0.25) is 0 Å². The van der Waals surface area contributed by atoms with Crippen LogP contribution in [-0.4, -0.2) is 38.8 Å². The minimum absolute atomic E-state index is 0.0712. The SMILES string of the molecule is O=C(O)Cn1nc(CS(=O)(=O)O)c2cccnc21. The first-order valence-corrected chi connectivity index (χ1v) is 6.45. The lowest BCUT2D eigenvalue weighted by atomic mass is 10.3. The molecule has 2 heterocycles. The summed E-state index contributed by atoms with van der Waals surface area (Å²) in [5.74, 6) is -1.80. The van der Waals surface area contributed by atoms with Gasteiger partial charge in [-0.25, -0.2) is 9.67 Å². The number of rotatable bonds is 4. The molecule has 0 radical (unpaired) electrons. The van der Waals surface area contributed by atoms with E-state index in [0.29, 0.717) is 5.39 Å². The van der Waals surface area contributed by atoms with E-state index < -0.39 is 28.4 Å². The van der Waals surface area contributed by atoms with E-state index in [1.807, 2.05) is 0 Å². The van der Waals surface area contributed by atoms with Gasteiger partial charge in [-0.1, -0.05) is 0 Å². The molecular formula is C9H9N3O5S. The number of fused-ring (bicyclic) bond motifs is 1. The molecule has 0 fully saturated rings. The number of aromatic nitrogens is 3. The quantitative estimate of drug-likeness (QED) is 0.744. The molecule has 0 bridgehead atoms. The van der Waals surface area contributed by atoms with Crippen molar-refractivity contribution in [3.05, 3.63) is 24.0 Å². The van der Waals surface area contributed by atoms with Crippen LogP contribution in [0.15, 0.2) is 18.3 Å². The number of hydrogen-bond donors (Lipinski definition) is 2. The Labute approximate surface area is 102 Å². The fraction of sp³-hybridized carbons (Fsp3) is 0.222. The predicted octanol–water partition coefficient (Wildman–Crippen LogP) is -0.0963. The Morgan fingerprint density at radius 1 is 1.44 bits per heavy atom. The molecule has 8 nitrogen and oxygen atoms in total. The fourth-order valence-electron chi connectivity index (χ4n) is 1.59. The van der Waals surface area contributed by atoms with E-state index in [2.05, 4.69) is 10.1 Å². The smallest absolute Gasteiger partial charge is 0.325 e. The second-order valence-corrected chi connectivity index (χ2v) is 5.05. The van der Waals surface area contributed by atoms with Gasteiger partial charge < -0.3 is 5.11 Å². The van der Waals surface area contributed by atoms with Crippen molar-refractivity contribution in [2.45, 2.75) is 12.3 Å². The number of carboxylic acid groups (broad SMARTS) is 1. The number of aliphatic carboxylic acids is 1. The molecule has 0 amide bonds. The highest BCUT2D eigenvalue weighted by Gasteiger charge is 2.17. The standard InChI is InChI=1S/C9H9N3O5S/c13-8(14)4-12-9-6(2-1-3-10-9)7(11-12)5-18(15,16)17/h1-3H,4-5H2,(H,13,14)(H,15,16,17). The first-order chi connectivity index (χ1) is 8.37. The summed E-state index contributed by atoms with van der Waals surface area (Å²) in [5, 5.41) is 13.0. The van der Waals surface area contributed by atoms with Crippen LogP contribution in [0.1, 0.15) is 5.69 Å². The lowest BCUT2D eigenvalue weighted by Gasteiger charge is -1.96. The topological polar surface area (TPSA) is 122 Å². The van der Waals surface area contributed by atoms with Crippen LogP contribution in [0.5, 0.6) is 0 Å². The number of carbonyl (C=O) groups is 1. The van der Waals surface area contributed by atoms with Gasteiger partial charge in [0.25, 0.3) is 10.1 Å². The predicted molar refractivity (Wildman–Crippen MR) is 60.4 cm³/mol. The zero-order chi connectivity index (χ0) is 13.3. The first-order valence-electron chi connectivity index (χ1n) is 4.84. The average molecular weight is 271 g/mol. The Hall–Kier alpha value is -2.00. The molecule has 2 rings (SSSR count). The van der Waals surface area contributed by atoms with Crippen LogP contribution in [0.4, 0.5) is 0 Å². The summed E-state index contributed by atoms with van der Waals surface area (Å²) in [4.78, 5) is 14.6. The third kappa shape index (κ3) is 2.63. The number of nitrogens with zero attached hydrogens (tertiary/aromatic N) is 3. The maximum absolute atomic E-state index is 10.8. The molecule has 2 aromatic heterocycles. The summed E-state index contributed by atoms with van der Waals surface area (Å²) in [6, 6.07) is 3.14. The van der Waals surface area contributed by atoms with Crippen molar-refractivity contribution in [2.24, 2.45) is 0 Å². The van der Waals surface area contributed by atoms with Crippen molar-refractivity contribution in [3.8, 4) is 0 Å². The third-order valence-corrected chi connectivity index (χ3v) is 2.83. The second kappa shape index (κ2) is 4.35. The molecule has 0 atom stereocenters. The lowest BCUT2D eigenvalue weighted by Crippen LogP contribution is -2.11. The lowest BCUT2D eigenvalue weighted by molar-refractivity contribution is -0.137. The molecule has 0 unspecified atom stereocenters. The largest absolute Gasteiger partial charge is 0.480 e. The Morgan fingerprint density at radius 2 is 2.17 bits per heavy atom. The highest BCUT2D eigenvalue weighted by Crippen LogP contribution is 2.17. The van der Waals surface area contributed by atoms with Gasteiger partial charge in [0.1, 0.15) is 12.3 Å². The maximum Gasteiger partial charge on any atom is 0.325 e. The van der Waals surface area contributed by atoms with Crippen molar-refractivity contribution in [1.82, 2.24) is 14.8 Å². The van der Waals surface area contributed by atoms with Gasteiger partial charge in [0.2, 0.25) is 0 Å². The van der Waals surface area contributed by atoms with Gasteiger partial charge in [-0.05, 0) is 12.1 Å². The molecule has 0 aliphatic carbocycles. The Morgan fingerprint density at radius 3 is 2.78 bits per heavy atom. The van der Waals surface area contributed by atoms with E-state index in [0.717, 1.165) is 4.68 Å². The van der Waals surface area contributed by atoms with Crippen LogP contribution in [0, 0.1) is 0 Å². The van der Waals surface area contributed by atoms with Gasteiger partial charge in [-0.15, -0.1) is 0 Å². The highest BCUT2D eigenvalue weighted by atomic mass is 32.2. The normalized spacial score (nSPS) is 11.8. The minimum atomic E-state index is -4.23. The van der Waals surface area contributed by atoms with Crippen molar-refractivity contribution in [2.75, 3.05) is 0 Å². The van der Waals surface area contributed by atoms with Crippen LogP contribution in [-0.2, 0) is 27.2 Å². The molecule has 0 saturated carbocycles. The molecule has 0 aliphatic heterocycles. The molecule has 0 saturated heterocycles. The zero-order valence-corrected chi connectivity index (χ0v) is 9.83. The fourth-order valence-corrected chi connectivity index (χ4v) is 2.15. The highest BCUT2D eigenvalue weighted by molar-refractivity contribution is 7.85. The van der Waals surface area contributed by atoms with E-state index in [1.54, 1.807) is 12.1 Å². The van der Waals surface area contributed by atoms with Gasteiger partial charge in [0.05, 0.1) is 5.69 Å². The first kappa shape index (κ1) is 12.5. The Bertz CT molecular complexity index is 706. The van der Waals surface area contributed by atoms with Crippen LogP contribution >= 0.6 is 0 Å². The molecule has 0 aliphatic rings. The van der Waals surface area contributed by atoms with E-state index >= 15 is 0 Å². The van der Waals surface area contributed by atoms with Gasteiger partial charge in [0.15, 0.2) is 5.65 Å². The molecular weight excluding hydrogens is 262 g/mol. The second-order valence-electron chi connectivity index (χ2n) is 3.60. The van der Waals surface area contributed by atoms with E-state index in [9.17, 15) is 13.2 Å². The van der Waals surface area contributed by atoms with Gasteiger partial charge in [0, 0.05) is 11.6 Å². The van der Waals surface area contributed by atoms with Crippen LogP contribution in [0.3, 0.4) is 0 Å². The number of carboxylic acids is 1. The summed E-state index contributed by atoms with van der Waals surface area (Å²) in [5.41, 5.74) is 0.334. The van der Waals surface area contributed by atoms with Crippen LogP contribution in [0.25, 0.3) is 11.0 Å². The summed E-state index contributed by atoms with van der Waals surface area (Å²) < 4.78 is 31.6. The van der Waals surface area contributed by atoms with Crippen molar-refractivity contribution in [1.29, 1.82) is 0 Å². The summed E-state index contributed by atoms with van der Waals surface area (Å²) in [6.07, 6.45) is 1.44. The number of hydrogen-bond acceptors (Lipinski definition) is 5. The van der Waals surface area contributed by atoms with Crippen molar-refractivity contribution >= 4 is 27.1 Å². The molecule has 18 heavy (non-hydrogen) atoms. The molecule has 96 valence electrons. The summed E-state index contributed by atoms with van der Waals surface area (Å²) in [6.45, 7) is -0.432. The molecule has 0 spiro atoms. The van der Waals surface area contributed by atoms with Crippen LogP contribution < -0.4 is 0 Å². The molecule has 0 aromatic carbocycles. The molecule has 9 heteroatoms. The van der Waals surface area contributed by atoms with Gasteiger partial charge in [-0.2, -0.15) is 13.5 Å². The molecule has 2 N–H and O–H groups in total. The van der Waals surface area contributed by atoms with E-state index in [-0.39, 0.29) is 11.3 Å². The van der Waals surface area contributed by atoms with Gasteiger partial charge >= 0.3 is 5.97 Å². The van der Waals surface area contributed by atoms with E-state index in [1.165, 1.54) is 6.20 Å². The Kier molecular flexibility index (Phi) is 3.01. The minimum Gasteiger partial charge on any atom is -0.480 e. The van der Waals surface area contributed by atoms with Gasteiger partial charge in [-0.3, -0.25) is 9.35 Å². The Balaban J connectivity index is 2.57. The van der Waals surface area contributed by atoms with Crippen molar-refractivity contribution < 1.29 is 22.9 Å². The monoisotopic (exact) mass is 271 g/mol. The number of pyridine rings is 1. The maximum atomic E-state index is 10.8.